The number of nitrogens with zero attached hydrogens (tertiary/aromatic N) is 2. The topological polar surface area (TPSA) is 90.7 Å². The number of hydrogen-bond acceptors (Lipinski definition) is 4. The second-order valence-corrected chi connectivity index (χ2v) is 5.68. The molecule has 1 aliphatic rings. The van der Waals surface area contributed by atoms with E-state index >= 15 is 0 Å². The van der Waals surface area contributed by atoms with Gasteiger partial charge < -0.3 is 15.1 Å². The van der Waals surface area contributed by atoms with Crippen LogP contribution < -0.4 is 4.90 Å². The number of carboxylic acid groups (broad SMARTS) is 2. The number of pyridine rings is 1. The van der Waals surface area contributed by atoms with Crippen molar-refractivity contribution in [3.8, 4) is 0 Å². The fraction of sp³-hybridized carbons (Fsp3) is 0.462. The third kappa shape index (κ3) is 3.60. The van der Waals surface area contributed by atoms with Gasteiger partial charge in [0.1, 0.15) is 16.8 Å². The first-order chi connectivity index (χ1) is 11.4. The lowest BCUT2D eigenvalue weighted by atomic mass is 10.0. The summed E-state index contributed by atoms with van der Waals surface area (Å²) in [7, 11) is 0. The van der Waals surface area contributed by atoms with Crippen LogP contribution in [0.15, 0.2) is 0 Å². The van der Waals surface area contributed by atoms with Crippen LogP contribution in [0.3, 0.4) is 0 Å². The summed E-state index contributed by atoms with van der Waals surface area (Å²) in [5.41, 5.74) is -7.78. The number of halogens is 6. The van der Waals surface area contributed by atoms with E-state index in [0.717, 1.165) is 4.90 Å². The van der Waals surface area contributed by atoms with Gasteiger partial charge in [-0.2, -0.15) is 22.0 Å². The molecule has 2 rings (SSSR count). The van der Waals surface area contributed by atoms with Crippen LogP contribution in [0.1, 0.15) is 44.9 Å². The van der Waals surface area contributed by atoms with Crippen molar-refractivity contribution in [2.45, 2.75) is 24.4 Å². The van der Waals surface area contributed by atoms with Gasteiger partial charge in [0.05, 0.1) is 5.69 Å². The fourth-order valence-electron chi connectivity index (χ4n) is 2.65. The van der Waals surface area contributed by atoms with Gasteiger partial charge in [-0.1, -0.05) is 0 Å². The second-order valence-electron chi connectivity index (χ2n) is 5.21. The summed E-state index contributed by atoms with van der Waals surface area (Å²) >= 11 is 4.75. The molecule has 1 aromatic rings. The van der Waals surface area contributed by atoms with Crippen LogP contribution in [0.4, 0.5) is 27.6 Å². The molecule has 0 atom stereocenters. The molecule has 0 spiro atoms. The Labute approximate surface area is 141 Å². The molecule has 0 amide bonds. The van der Waals surface area contributed by atoms with Gasteiger partial charge >= 0.3 is 23.5 Å². The molecule has 2 heterocycles. The molecular formula is C13H10ClF5N2O4. The van der Waals surface area contributed by atoms with Gasteiger partial charge in [0, 0.05) is 13.1 Å². The van der Waals surface area contributed by atoms with Gasteiger partial charge in [0.2, 0.25) is 0 Å². The van der Waals surface area contributed by atoms with E-state index in [-0.39, 0.29) is 13.1 Å². The third-order valence-electron chi connectivity index (χ3n) is 3.56. The van der Waals surface area contributed by atoms with Gasteiger partial charge in [-0.3, -0.25) is 0 Å². The van der Waals surface area contributed by atoms with Crippen molar-refractivity contribution in [3.63, 3.8) is 0 Å². The Morgan fingerprint density at radius 3 is 1.76 bits per heavy atom. The standard InChI is InChI=1S/C13H10ClF5N2O4/c14-12(15,16)8-5(10(22)23)7(21-3-1-2-4-21)6(11(24)25)9(20-8)13(17,18)19/h1-4H2,(H,22,23)(H,24,25). The second kappa shape index (κ2) is 6.28. The number of aromatic nitrogens is 1. The SMILES string of the molecule is O=C(O)c1c(C(F)(F)F)nc(C(F)(F)Cl)c(C(=O)O)c1N1CCCC1. The molecule has 0 aromatic carbocycles. The minimum absolute atomic E-state index is 0.00909. The molecule has 0 aliphatic carbocycles. The van der Waals surface area contributed by atoms with Gasteiger partial charge in [-0.25, -0.2) is 14.6 Å². The molecule has 138 valence electrons. The van der Waals surface area contributed by atoms with Crippen LogP contribution >= 0.6 is 11.6 Å². The zero-order chi connectivity index (χ0) is 19.2. The maximum absolute atomic E-state index is 13.5. The van der Waals surface area contributed by atoms with E-state index in [4.69, 9.17) is 11.6 Å². The Kier molecular flexibility index (Phi) is 4.81. The Balaban J connectivity index is 3.01. The van der Waals surface area contributed by atoms with E-state index in [0.29, 0.717) is 12.8 Å². The molecule has 6 nitrogen and oxygen atoms in total. The van der Waals surface area contributed by atoms with Crippen LogP contribution in [-0.4, -0.2) is 40.2 Å². The number of anilines is 1. The first kappa shape index (κ1) is 19.2. The molecule has 0 saturated carbocycles. The highest BCUT2D eigenvalue weighted by atomic mass is 35.5. The number of carbonyl (C=O) groups is 2. The zero-order valence-electron chi connectivity index (χ0n) is 12.2. The molecule has 0 unspecified atom stereocenters. The van der Waals surface area contributed by atoms with Crippen LogP contribution in [0.2, 0.25) is 0 Å². The lowest BCUT2D eigenvalue weighted by Crippen LogP contribution is -2.30. The van der Waals surface area contributed by atoms with Crippen molar-refractivity contribution < 1.29 is 41.8 Å². The molecule has 12 heteroatoms. The van der Waals surface area contributed by atoms with Crippen molar-refractivity contribution >= 4 is 29.2 Å². The first-order valence-corrected chi connectivity index (χ1v) is 7.17. The Morgan fingerprint density at radius 2 is 1.40 bits per heavy atom. The molecule has 0 radical (unpaired) electrons. The number of carboxylic acids is 2. The predicted octanol–water partition coefficient (Wildman–Crippen LogP) is 3.39. The Morgan fingerprint density at radius 1 is 0.960 bits per heavy atom. The summed E-state index contributed by atoms with van der Waals surface area (Å²) in [6, 6.07) is 0. The molecular weight excluding hydrogens is 379 g/mol. The maximum atomic E-state index is 13.5. The number of rotatable bonds is 4. The minimum Gasteiger partial charge on any atom is -0.478 e. The van der Waals surface area contributed by atoms with Crippen molar-refractivity contribution in [2.75, 3.05) is 18.0 Å². The average Bonchev–Trinajstić information content (AvgIpc) is 2.96. The lowest BCUT2D eigenvalue weighted by Gasteiger charge is -2.26. The maximum Gasteiger partial charge on any atom is 0.434 e. The summed E-state index contributed by atoms with van der Waals surface area (Å²) in [5, 5.41) is 13.9. The number of hydrogen-bond donors (Lipinski definition) is 2. The van der Waals surface area contributed by atoms with Crippen LogP contribution in [0.25, 0.3) is 0 Å². The molecule has 1 saturated heterocycles. The highest BCUT2D eigenvalue weighted by Gasteiger charge is 2.47. The summed E-state index contributed by atoms with van der Waals surface area (Å²) < 4.78 is 66.7. The van der Waals surface area contributed by atoms with Gasteiger partial charge in [0.15, 0.2) is 5.69 Å². The van der Waals surface area contributed by atoms with Crippen LogP contribution in [0.5, 0.6) is 0 Å². The van der Waals surface area contributed by atoms with E-state index < -0.39 is 51.7 Å². The fourth-order valence-corrected chi connectivity index (χ4v) is 2.78. The van der Waals surface area contributed by atoms with E-state index in [2.05, 4.69) is 4.98 Å². The summed E-state index contributed by atoms with van der Waals surface area (Å²) in [4.78, 5) is 26.5. The molecule has 1 aromatic heterocycles. The van der Waals surface area contributed by atoms with Crippen molar-refractivity contribution in [2.24, 2.45) is 0 Å². The summed E-state index contributed by atoms with van der Waals surface area (Å²) in [6.07, 6.45) is -4.56. The largest absolute Gasteiger partial charge is 0.478 e. The number of aromatic carboxylic acids is 2. The molecule has 25 heavy (non-hydrogen) atoms. The van der Waals surface area contributed by atoms with Crippen molar-refractivity contribution in [1.29, 1.82) is 0 Å². The third-order valence-corrected chi connectivity index (χ3v) is 3.74. The van der Waals surface area contributed by atoms with Crippen LogP contribution in [0, 0.1) is 0 Å². The van der Waals surface area contributed by atoms with E-state index in [1.165, 1.54) is 0 Å². The molecule has 0 bridgehead atoms. The number of alkyl halides is 6. The Hall–Kier alpha value is -2.17. The molecule has 2 N–H and O–H groups in total. The highest BCUT2D eigenvalue weighted by molar-refractivity contribution is 6.22. The summed E-state index contributed by atoms with van der Waals surface area (Å²) in [6.45, 7) is 0.0182. The van der Waals surface area contributed by atoms with Gasteiger partial charge in [0.25, 0.3) is 0 Å². The normalized spacial score (nSPS) is 15.5. The molecule has 1 aliphatic heterocycles. The molecule has 1 fully saturated rings. The zero-order valence-corrected chi connectivity index (χ0v) is 13.0. The quantitative estimate of drug-likeness (QED) is 0.607. The smallest absolute Gasteiger partial charge is 0.434 e. The van der Waals surface area contributed by atoms with E-state index in [9.17, 15) is 41.8 Å². The van der Waals surface area contributed by atoms with E-state index in [1.807, 2.05) is 0 Å². The van der Waals surface area contributed by atoms with E-state index in [1.54, 1.807) is 0 Å². The van der Waals surface area contributed by atoms with Gasteiger partial charge in [-0.05, 0) is 24.4 Å². The monoisotopic (exact) mass is 388 g/mol. The lowest BCUT2D eigenvalue weighted by molar-refractivity contribution is -0.142. The average molecular weight is 389 g/mol. The van der Waals surface area contributed by atoms with Crippen molar-refractivity contribution in [1.82, 2.24) is 4.98 Å². The summed E-state index contributed by atoms with van der Waals surface area (Å²) in [5.74, 6) is -4.19. The first-order valence-electron chi connectivity index (χ1n) is 6.79. The van der Waals surface area contributed by atoms with Gasteiger partial charge in [-0.15, -0.1) is 0 Å². The highest BCUT2D eigenvalue weighted by Crippen LogP contribution is 2.44. The predicted molar refractivity (Wildman–Crippen MR) is 74.4 cm³/mol. The van der Waals surface area contributed by atoms with Crippen molar-refractivity contribution in [3.05, 3.63) is 22.5 Å². The Bertz CT molecular complexity index is 676. The van der Waals surface area contributed by atoms with Crippen LogP contribution in [-0.2, 0) is 11.6 Å². The minimum atomic E-state index is -5.41.